The molecule has 3 aromatic rings. The first-order chi connectivity index (χ1) is 10.7. The van der Waals surface area contributed by atoms with Gasteiger partial charge >= 0.3 is 5.97 Å². The molecule has 7 heteroatoms. The molecule has 0 atom stereocenters. The van der Waals surface area contributed by atoms with Gasteiger partial charge in [-0.3, -0.25) is 9.20 Å². The highest BCUT2D eigenvalue weighted by atomic mass is 32.2. The van der Waals surface area contributed by atoms with Crippen LogP contribution in [0.3, 0.4) is 0 Å². The summed E-state index contributed by atoms with van der Waals surface area (Å²) in [6, 6.07) is 8.75. The Hall–Kier alpha value is -2.12. The lowest BCUT2D eigenvalue weighted by molar-refractivity contribution is 0.0597. The fourth-order valence-electron chi connectivity index (χ4n) is 1.98. The Bertz CT molecular complexity index is 886. The fraction of sp³-hybridized carbons (Fsp3) is 0.133. The SMILES string of the molecule is COC(=O)c1ccccc1SCc1cc(=O)n2ccsc2n1. The van der Waals surface area contributed by atoms with Crippen molar-refractivity contribution in [3.63, 3.8) is 0 Å². The number of aromatic nitrogens is 2. The van der Waals surface area contributed by atoms with Gasteiger partial charge in [-0.25, -0.2) is 9.78 Å². The molecule has 0 aliphatic carbocycles. The topological polar surface area (TPSA) is 60.7 Å². The quantitative estimate of drug-likeness (QED) is 0.543. The van der Waals surface area contributed by atoms with Gasteiger partial charge in [0.2, 0.25) is 0 Å². The van der Waals surface area contributed by atoms with E-state index in [1.807, 2.05) is 17.5 Å². The highest BCUT2D eigenvalue weighted by Gasteiger charge is 2.12. The maximum atomic E-state index is 11.9. The number of esters is 1. The number of hydrogen-bond donors (Lipinski definition) is 0. The van der Waals surface area contributed by atoms with Crippen molar-refractivity contribution in [2.45, 2.75) is 10.6 Å². The summed E-state index contributed by atoms with van der Waals surface area (Å²) < 4.78 is 6.29. The van der Waals surface area contributed by atoms with E-state index in [-0.39, 0.29) is 11.5 Å². The van der Waals surface area contributed by atoms with E-state index in [9.17, 15) is 9.59 Å². The predicted octanol–water partition coefficient (Wildman–Crippen LogP) is 2.83. The number of carbonyl (C=O) groups is 1. The van der Waals surface area contributed by atoms with Crippen LogP contribution < -0.4 is 5.56 Å². The third-order valence-electron chi connectivity index (χ3n) is 3.02. The molecular weight excluding hydrogens is 320 g/mol. The van der Waals surface area contributed by atoms with Gasteiger partial charge in [0.1, 0.15) is 0 Å². The highest BCUT2D eigenvalue weighted by molar-refractivity contribution is 7.98. The summed E-state index contributed by atoms with van der Waals surface area (Å²) in [6.45, 7) is 0. The molecule has 3 rings (SSSR count). The zero-order valence-electron chi connectivity index (χ0n) is 11.7. The molecular formula is C15H12N2O3S2. The van der Waals surface area contributed by atoms with Gasteiger partial charge in [-0.1, -0.05) is 12.1 Å². The standard InChI is InChI=1S/C15H12N2O3S2/c1-20-14(19)11-4-2-3-5-12(11)22-9-10-8-13(18)17-6-7-21-15(17)16-10/h2-8H,9H2,1H3. The van der Waals surface area contributed by atoms with Crippen LogP contribution in [-0.4, -0.2) is 22.5 Å². The summed E-state index contributed by atoms with van der Waals surface area (Å²) >= 11 is 2.87. The van der Waals surface area contributed by atoms with E-state index < -0.39 is 0 Å². The van der Waals surface area contributed by atoms with Crippen LogP contribution in [0.15, 0.2) is 51.6 Å². The van der Waals surface area contributed by atoms with E-state index >= 15 is 0 Å². The summed E-state index contributed by atoms with van der Waals surface area (Å²) in [7, 11) is 1.36. The largest absolute Gasteiger partial charge is 0.465 e. The van der Waals surface area contributed by atoms with Crippen LogP contribution in [0.1, 0.15) is 16.1 Å². The summed E-state index contributed by atoms with van der Waals surface area (Å²) in [5, 5.41) is 1.83. The average Bonchev–Trinajstić information content (AvgIpc) is 3.01. The zero-order valence-corrected chi connectivity index (χ0v) is 13.3. The number of thiazole rings is 1. The number of nitrogens with zero attached hydrogens (tertiary/aromatic N) is 2. The number of thioether (sulfide) groups is 1. The molecule has 0 radical (unpaired) electrons. The average molecular weight is 332 g/mol. The van der Waals surface area contributed by atoms with Crippen molar-refractivity contribution in [2.75, 3.05) is 7.11 Å². The minimum Gasteiger partial charge on any atom is -0.465 e. The van der Waals surface area contributed by atoms with Crippen molar-refractivity contribution in [3.8, 4) is 0 Å². The van der Waals surface area contributed by atoms with Crippen LogP contribution in [0.25, 0.3) is 4.96 Å². The summed E-state index contributed by atoms with van der Waals surface area (Å²) in [5.74, 6) is 0.141. The molecule has 0 saturated heterocycles. The molecule has 0 amide bonds. The lowest BCUT2D eigenvalue weighted by Crippen LogP contribution is -2.12. The smallest absolute Gasteiger partial charge is 0.338 e. The van der Waals surface area contributed by atoms with E-state index in [1.165, 1.54) is 40.7 Å². The molecule has 1 aromatic carbocycles. The van der Waals surface area contributed by atoms with Gasteiger partial charge in [0, 0.05) is 28.3 Å². The Morgan fingerprint density at radius 2 is 2.23 bits per heavy atom. The second-order valence-corrected chi connectivity index (χ2v) is 6.31. The van der Waals surface area contributed by atoms with Gasteiger partial charge in [0.15, 0.2) is 4.96 Å². The lowest BCUT2D eigenvalue weighted by Gasteiger charge is -2.07. The van der Waals surface area contributed by atoms with E-state index in [4.69, 9.17) is 4.74 Å². The van der Waals surface area contributed by atoms with Crippen molar-refractivity contribution < 1.29 is 9.53 Å². The van der Waals surface area contributed by atoms with Crippen LogP contribution in [-0.2, 0) is 10.5 Å². The van der Waals surface area contributed by atoms with Crippen molar-refractivity contribution in [1.29, 1.82) is 0 Å². The van der Waals surface area contributed by atoms with Crippen LogP contribution in [0.2, 0.25) is 0 Å². The molecule has 22 heavy (non-hydrogen) atoms. The van der Waals surface area contributed by atoms with Crippen LogP contribution in [0, 0.1) is 0 Å². The molecule has 112 valence electrons. The van der Waals surface area contributed by atoms with Gasteiger partial charge < -0.3 is 4.74 Å². The number of carbonyl (C=O) groups excluding carboxylic acids is 1. The maximum Gasteiger partial charge on any atom is 0.338 e. The molecule has 0 bridgehead atoms. The van der Waals surface area contributed by atoms with Gasteiger partial charge in [-0.05, 0) is 12.1 Å². The number of methoxy groups -OCH3 is 1. The second-order valence-electron chi connectivity index (χ2n) is 4.42. The van der Waals surface area contributed by atoms with Crippen LogP contribution in [0.4, 0.5) is 0 Å². The summed E-state index contributed by atoms with van der Waals surface area (Å²) in [5.41, 5.74) is 1.11. The van der Waals surface area contributed by atoms with Crippen molar-refractivity contribution >= 4 is 34.0 Å². The Kier molecular flexibility index (Phi) is 4.26. The van der Waals surface area contributed by atoms with Crippen molar-refractivity contribution in [2.24, 2.45) is 0 Å². The number of hydrogen-bond acceptors (Lipinski definition) is 6. The maximum absolute atomic E-state index is 11.9. The lowest BCUT2D eigenvalue weighted by atomic mass is 10.2. The summed E-state index contributed by atoms with van der Waals surface area (Å²) in [6.07, 6.45) is 1.71. The fourth-order valence-corrected chi connectivity index (χ4v) is 3.66. The van der Waals surface area contributed by atoms with Crippen molar-refractivity contribution in [1.82, 2.24) is 9.38 Å². The molecule has 5 nitrogen and oxygen atoms in total. The number of rotatable bonds is 4. The number of benzene rings is 1. The third-order valence-corrected chi connectivity index (χ3v) is 4.89. The zero-order chi connectivity index (χ0) is 15.5. The van der Waals surface area contributed by atoms with Gasteiger partial charge in [0.05, 0.1) is 18.4 Å². The molecule has 0 fully saturated rings. The van der Waals surface area contributed by atoms with Gasteiger partial charge in [0.25, 0.3) is 5.56 Å². The van der Waals surface area contributed by atoms with E-state index in [0.29, 0.717) is 22.0 Å². The van der Waals surface area contributed by atoms with Gasteiger partial charge in [-0.15, -0.1) is 23.1 Å². The second kappa shape index (κ2) is 6.33. The molecule has 0 unspecified atom stereocenters. The highest BCUT2D eigenvalue weighted by Crippen LogP contribution is 2.26. The summed E-state index contributed by atoms with van der Waals surface area (Å²) in [4.78, 5) is 29.6. The Labute approximate surface area is 134 Å². The first-order valence-corrected chi connectivity index (χ1v) is 8.31. The molecule has 0 aliphatic heterocycles. The minimum absolute atomic E-state index is 0.0943. The molecule has 2 aromatic heterocycles. The Morgan fingerprint density at radius 1 is 1.41 bits per heavy atom. The van der Waals surface area contributed by atoms with E-state index in [0.717, 1.165) is 4.90 Å². The van der Waals surface area contributed by atoms with Crippen LogP contribution in [0.5, 0.6) is 0 Å². The van der Waals surface area contributed by atoms with E-state index in [1.54, 1.807) is 18.3 Å². The molecule has 0 aliphatic rings. The minimum atomic E-state index is -0.371. The molecule has 2 heterocycles. The molecule has 0 saturated carbocycles. The Morgan fingerprint density at radius 3 is 3.05 bits per heavy atom. The number of fused-ring (bicyclic) bond motifs is 1. The monoisotopic (exact) mass is 332 g/mol. The van der Waals surface area contributed by atoms with Crippen molar-refractivity contribution in [3.05, 3.63) is 63.5 Å². The van der Waals surface area contributed by atoms with Gasteiger partial charge in [-0.2, -0.15) is 0 Å². The molecule has 0 spiro atoms. The number of ether oxygens (including phenoxy) is 1. The first-order valence-electron chi connectivity index (χ1n) is 6.45. The van der Waals surface area contributed by atoms with Crippen LogP contribution >= 0.6 is 23.1 Å². The Balaban J connectivity index is 1.85. The first kappa shape index (κ1) is 14.8. The van der Waals surface area contributed by atoms with E-state index in [2.05, 4.69) is 4.98 Å². The normalized spacial score (nSPS) is 10.8. The predicted molar refractivity (Wildman–Crippen MR) is 86.7 cm³/mol. The molecule has 0 N–H and O–H groups in total. The third kappa shape index (κ3) is 2.90.